The molecule has 0 saturated carbocycles. The van der Waals surface area contributed by atoms with Gasteiger partial charge in [0.05, 0.1) is 55.6 Å². The number of morpholine rings is 1. The highest BCUT2D eigenvalue weighted by Gasteiger charge is 2.43. The molecule has 2 aromatic heterocycles. The SMILES string of the molecule is CCN(C(=O)OCOC(=O)CCC(=O)OCC(=O)N(C[C@@H](COc1nsnc1N1CCOCC1)OC(=O)[C@H](C)OC(C)=O)C(C)(C)C)[C@H]1C[C@H](C)S(=O)(=O)c2sc(S(N)(=O)=O)cc21. The first-order chi connectivity index (χ1) is 29.4. The molecule has 63 heavy (non-hydrogen) atoms. The maximum absolute atomic E-state index is 13.5. The molecule has 23 nitrogen and oxygen atoms in total. The Morgan fingerprint density at radius 1 is 1.03 bits per heavy atom. The number of thiophene rings is 1. The number of fused-ring (bicyclic) bond motifs is 1. The molecule has 1 fully saturated rings. The fourth-order valence-corrected chi connectivity index (χ4v) is 11.2. The number of aromatic nitrogens is 2. The molecule has 0 bridgehead atoms. The number of sulfonamides is 1. The lowest BCUT2D eigenvalue weighted by molar-refractivity contribution is -0.172. The number of carbonyl (C=O) groups excluding carboxylic acids is 6. The van der Waals surface area contributed by atoms with Gasteiger partial charge in [-0.2, -0.15) is 4.37 Å². The van der Waals surface area contributed by atoms with Gasteiger partial charge in [0.1, 0.15) is 15.0 Å². The van der Waals surface area contributed by atoms with Crippen molar-refractivity contribution >= 4 is 84.6 Å². The Morgan fingerprint density at radius 2 is 1.68 bits per heavy atom. The summed E-state index contributed by atoms with van der Waals surface area (Å²) in [4.78, 5) is 80.5. The zero-order valence-corrected chi connectivity index (χ0v) is 39.0. The molecule has 2 aliphatic heterocycles. The Kier molecular flexibility index (Phi) is 17.6. The van der Waals surface area contributed by atoms with Crippen molar-refractivity contribution in [2.24, 2.45) is 5.14 Å². The van der Waals surface area contributed by atoms with Crippen LogP contribution in [0.25, 0.3) is 0 Å². The van der Waals surface area contributed by atoms with E-state index in [0.717, 1.165) is 29.6 Å². The highest BCUT2D eigenvalue weighted by molar-refractivity contribution is 7.95. The van der Waals surface area contributed by atoms with Crippen molar-refractivity contribution in [1.82, 2.24) is 18.5 Å². The third-order valence-corrected chi connectivity index (χ3v) is 15.4. The van der Waals surface area contributed by atoms with Crippen LogP contribution in [0.4, 0.5) is 10.6 Å². The summed E-state index contributed by atoms with van der Waals surface area (Å²) < 4.78 is 95.1. The molecule has 0 aliphatic carbocycles. The van der Waals surface area contributed by atoms with E-state index >= 15 is 0 Å². The van der Waals surface area contributed by atoms with Crippen LogP contribution >= 0.6 is 23.1 Å². The quantitative estimate of drug-likeness (QED) is 0.119. The summed E-state index contributed by atoms with van der Waals surface area (Å²) in [6.45, 7) is 10.4. The molecule has 2 aliphatic rings. The second kappa shape index (κ2) is 21.8. The van der Waals surface area contributed by atoms with Crippen LogP contribution in [0, 0.1) is 0 Å². The number of rotatable bonds is 19. The predicted molar refractivity (Wildman–Crippen MR) is 221 cm³/mol. The summed E-state index contributed by atoms with van der Waals surface area (Å²) >= 11 is 1.41. The second-order valence-electron chi connectivity index (χ2n) is 15.2. The van der Waals surface area contributed by atoms with E-state index in [1.807, 2.05) is 4.90 Å². The molecule has 2 amide bonds. The van der Waals surface area contributed by atoms with Crippen LogP contribution in [-0.2, 0) is 72.3 Å². The molecule has 0 spiro atoms. The van der Waals surface area contributed by atoms with Gasteiger partial charge < -0.3 is 47.9 Å². The van der Waals surface area contributed by atoms with E-state index < -0.39 is 111 Å². The fourth-order valence-electron chi connectivity index (χ4n) is 6.32. The minimum atomic E-state index is -4.25. The minimum Gasteiger partial charge on any atom is -0.470 e. The molecule has 0 aromatic carbocycles. The van der Waals surface area contributed by atoms with Crippen LogP contribution in [0.1, 0.15) is 79.3 Å². The average molecular weight is 969 g/mol. The topological polar surface area (TPSA) is 297 Å². The summed E-state index contributed by atoms with van der Waals surface area (Å²) in [7, 11) is -8.15. The number of nitrogens with two attached hydrogens (primary N) is 1. The van der Waals surface area contributed by atoms with Crippen molar-refractivity contribution in [3.8, 4) is 5.88 Å². The zero-order valence-electron chi connectivity index (χ0n) is 35.8. The molecule has 4 heterocycles. The highest BCUT2D eigenvalue weighted by Crippen LogP contribution is 2.45. The van der Waals surface area contributed by atoms with Crippen molar-refractivity contribution in [2.45, 2.75) is 105 Å². The molecular weight excluding hydrogens is 917 g/mol. The summed E-state index contributed by atoms with van der Waals surface area (Å²) in [6, 6.07) is 0.224. The smallest absolute Gasteiger partial charge is 0.413 e. The van der Waals surface area contributed by atoms with Gasteiger partial charge in [0.2, 0.25) is 22.6 Å². The highest BCUT2D eigenvalue weighted by atomic mass is 32.3. The molecule has 1 saturated heterocycles. The van der Waals surface area contributed by atoms with Crippen LogP contribution in [0.15, 0.2) is 14.5 Å². The Bertz CT molecular complexity index is 2200. The van der Waals surface area contributed by atoms with E-state index in [-0.39, 0.29) is 46.0 Å². The van der Waals surface area contributed by atoms with Gasteiger partial charge in [-0.25, -0.2) is 31.6 Å². The van der Waals surface area contributed by atoms with Crippen molar-refractivity contribution in [3.05, 3.63) is 11.6 Å². The van der Waals surface area contributed by atoms with Gasteiger partial charge in [0, 0.05) is 37.7 Å². The maximum atomic E-state index is 13.5. The maximum Gasteiger partial charge on any atom is 0.413 e. The molecule has 2 aromatic rings. The van der Waals surface area contributed by atoms with E-state index in [9.17, 15) is 45.6 Å². The number of sulfone groups is 1. The van der Waals surface area contributed by atoms with Crippen LogP contribution < -0.4 is 14.8 Å². The van der Waals surface area contributed by atoms with Crippen molar-refractivity contribution in [1.29, 1.82) is 0 Å². The number of carbonyl (C=O) groups is 6. The first-order valence-corrected chi connectivity index (χ1v) is 24.2. The lowest BCUT2D eigenvalue weighted by Gasteiger charge is -2.37. The third-order valence-electron chi connectivity index (χ3n) is 9.54. The van der Waals surface area contributed by atoms with Crippen molar-refractivity contribution in [3.63, 3.8) is 0 Å². The van der Waals surface area contributed by atoms with Gasteiger partial charge in [-0.05, 0) is 54.0 Å². The Morgan fingerprint density at radius 3 is 2.29 bits per heavy atom. The fraction of sp³-hybridized carbons (Fsp3) is 0.667. The van der Waals surface area contributed by atoms with Crippen LogP contribution in [0.3, 0.4) is 0 Å². The summed E-state index contributed by atoms with van der Waals surface area (Å²) in [5.41, 5.74) is -0.843. The number of nitrogens with zero attached hydrogens (tertiary/aromatic N) is 5. The molecule has 352 valence electrons. The molecule has 4 rings (SSSR count). The number of amides is 2. The van der Waals surface area contributed by atoms with E-state index in [1.165, 1.54) is 18.7 Å². The van der Waals surface area contributed by atoms with Crippen LogP contribution in [-0.4, -0.2) is 154 Å². The van der Waals surface area contributed by atoms with E-state index in [4.69, 9.17) is 38.3 Å². The van der Waals surface area contributed by atoms with Gasteiger partial charge in [0.15, 0.2) is 28.7 Å². The Balaban J connectivity index is 1.30. The Hall–Kier alpha value is -4.70. The molecular formula is C36H52N6O17S4. The number of hydrogen-bond acceptors (Lipinski definition) is 22. The second-order valence-corrected chi connectivity index (χ2v) is 21.2. The molecule has 0 unspecified atom stereocenters. The first-order valence-electron chi connectivity index (χ1n) is 19.5. The van der Waals surface area contributed by atoms with Crippen molar-refractivity contribution < 1.29 is 78.8 Å². The summed E-state index contributed by atoms with van der Waals surface area (Å²) in [6.07, 6.45) is -4.52. The summed E-state index contributed by atoms with van der Waals surface area (Å²) in [5.74, 6) is -3.57. The van der Waals surface area contributed by atoms with Gasteiger partial charge >= 0.3 is 30.0 Å². The van der Waals surface area contributed by atoms with Gasteiger partial charge in [-0.15, -0.1) is 15.7 Å². The average Bonchev–Trinajstić information content (AvgIpc) is 3.88. The number of anilines is 1. The number of ether oxygens (including phenoxy) is 7. The third kappa shape index (κ3) is 13.9. The van der Waals surface area contributed by atoms with Crippen molar-refractivity contribution in [2.75, 3.05) is 64.3 Å². The monoisotopic (exact) mass is 968 g/mol. The summed E-state index contributed by atoms with van der Waals surface area (Å²) in [5, 5.41) is 4.27. The standard InChI is InChI=1S/C36H52N6O17S4/c1-8-41(26-15-21(2)62(49,50)34-25(26)16-30(60-34)63(37,51)52)35(48)57-20-56-29(46)10-9-28(45)54-19-27(44)42(36(5,6)7)17-24(59-33(47)22(3)58-23(4)43)18-55-32-31(38-61-39-32)40-11-13-53-14-12-40/h16,21-22,24,26H,8-15,17-20H2,1-7H3,(H2,37,51,52)/t21-,22-,24-,26-/m0/s1. The normalized spacial score (nSPS) is 18.2. The first kappa shape index (κ1) is 50.9. The van der Waals surface area contributed by atoms with E-state index in [0.29, 0.717) is 43.5 Å². The molecule has 4 atom stereocenters. The van der Waals surface area contributed by atoms with E-state index in [1.54, 1.807) is 27.7 Å². The Labute approximate surface area is 372 Å². The minimum absolute atomic E-state index is 0.0107. The molecule has 0 radical (unpaired) electrons. The van der Waals surface area contributed by atoms with Gasteiger partial charge in [-0.3, -0.25) is 19.2 Å². The van der Waals surface area contributed by atoms with Crippen LogP contribution in [0.2, 0.25) is 0 Å². The lowest BCUT2D eigenvalue weighted by Crippen LogP contribution is -2.52. The number of hydrogen-bond donors (Lipinski definition) is 1. The largest absolute Gasteiger partial charge is 0.470 e. The molecule has 27 heteroatoms. The lowest BCUT2D eigenvalue weighted by atomic mass is 10.0. The number of esters is 4. The van der Waals surface area contributed by atoms with Gasteiger partial charge in [-0.1, -0.05) is 0 Å². The van der Waals surface area contributed by atoms with E-state index in [2.05, 4.69) is 8.75 Å². The van der Waals surface area contributed by atoms with Gasteiger partial charge in [0.25, 0.3) is 11.8 Å². The number of primary sulfonamides is 1. The predicted octanol–water partition coefficient (Wildman–Crippen LogP) is 1.54. The van der Waals surface area contributed by atoms with Crippen LogP contribution in [0.5, 0.6) is 5.88 Å². The molecule has 2 N–H and O–H groups in total. The zero-order chi connectivity index (χ0) is 46.9.